The van der Waals surface area contributed by atoms with Gasteiger partial charge < -0.3 is 10.6 Å². The van der Waals surface area contributed by atoms with E-state index in [0.29, 0.717) is 22.1 Å². The fourth-order valence-electron chi connectivity index (χ4n) is 2.77. The molecule has 0 heterocycles. The Morgan fingerprint density at radius 2 is 1.57 bits per heavy atom. The summed E-state index contributed by atoms with van der Waals surface area (Å²) in [6.07, 6.45) is 0. The van der Waals surface area contributed by atoms with Gasteiger partial charge in [-0.1, -0.05) is 29.8 Å². The van der Waals surface area contributed by atoms with E-state index in [0.717, 1.165) is 5.56 Å². The zero-order valence-electron chi connectivity index (χ0n) is 16.5. The molecule has 8 heteroatoms. The normalized spacial score (nSPS) is 12.1. The third kappa shape index (κ3) is 5.75. The molecule has 3 rings (SSSR count). The molecule has 0 saturated heterocycles. The number of benzene rings is 3. The largest absolute Gasteiger partial charge is 0.374 e. The first-order valence-corrected chi connectivity index (χ1v) is 11.1. The van der Waals surface area contributed by atoms with Crippen molar-refractivity contribution in [2.24, 2.45) is 0 Å². The molecule has 0 radical (unpaired) electrons. The van der Waals surface area contributed by atoms with Crippen LogP contribution in [-0.4, -0.2) is 20.4 Å². The third-order valence-corrected chi connectivity index (χ3v) is 5.93. The zero-order valence-corrected chi connectivity index (χ0v) is 18.1. The topological polar surface area (TPSA) is 87.3 Å². The van der Waals surface area contributed by atoms with Gasteiger partial charge >= 0.3 is 0 Å². The highest BCUT2D eigenvalue weighted by Gasteiger charge is 2.17. The second-order valence-electron chi connectivity index (χ2n) is 6.86. The number of rotatable bonds is 7. The van der Waals surface area contributed by atoms with E-state index in [-0.39, 0.29) is 10.8 Å². The number of aryl methyl sites for hydroxylation is 1. The quantitative estimate of drug-likeness (QED) is 0.485. The molecule has 0 unspecified atom stereocenters. The number of sulfonamides is 1. The molecular formula is C22H22ClN3O3S. The van der Waals surface area contributed by atoms with Crippen molar-refractivity contribution in [1.82, 2.24) is 0 Å². The summed E-state index contributed by atoms with van der Waals surface area (Å²) in [5.74, 6) is -0.229. The number of carbonyl (C=O) groups is 1. The summed E-state index contributed by atoms with van der Waals surface area (Å²) in [5.41, 5.74) is 2.67. The van der Waals surface area contributed by atoms with Gasteiger partial charge in [0, 0.05) is 22.1 Å². The molecule has 6 nitrogen and oxygen atoms in total. The summed E-state index contributed by atoms with van der Waals surface area (Å²) in [7, 11) is -3.79. The summed E-state index contributed by atoms with van der Waals surface area (Å²) >= 11 is 5.84. The maximum atomic E-state index is 12.7. The highest BCUT2D eigenvalue weighted by atomic mass is 35.5. The van der Waals surface area contributed by atoms with E-state index in [9.17, 15) is 13.2 Å². The van der Waals surface area contributed by atoms with E-state index in [4.69, 9.17) is 11.6 Å². The first-order valence-electron chi connectivity index (χ1n) is 9.25. The van der Waals surface area contributed by atoms with Crippen LogP contribution in [0.15, 0.2) is 77.7 Å². The molecule has 0 saturated carbocycles. The van der Waals surface area contributed by atoms with Gasteiger partial charge in [-0.2, -0.15) is 0 Å². The van der Waals surface area contributed by atoms with Crippen LogP contribution in [0.3, 0.4) is 0 Å². The van der Waals surface area contributed by atoms with Crippen molar-refractivity contribution in [2.75, 3.05) is 15.4 Å². The first-order chi connectivity index (χ1) is 14.2. The van der Waals surface area contributed by atoms with Gasteiger partial charge in [-0.3, -0.25) is 9.52 Å². The Hall–Kier alpha value is -3.03. The van der Waals surface area contributed by atoms with Crippen LogP contribution in [0.1, 0.15) is 12.5 Å². The van der Waals surface area contributed by atoms with Crippen molar-refractivity contribution in [3.05, 3.63) is 83.4 Å². The molecule has 3 aromatic carbocycles. The minimum Gasteiger partial charge on any atom is -0.374 e. The molecule has 0 aliphatic carbocycles. The number of nitrogens with one attached hydrogen (secondary N) is 3. The molecule has 30 heavy (non-hydrogen) atoms. The molecule has 0 aliphatic rings. The van der Waals surface area contributed by atoms with Gasteiger partial charge in [0.15, 0.2) is 0 Å². The SMILES string of the molecule is Cc1cccc(NC(=O)[C@@H](C)Nc2cccc(S(=O)(=O)Nc3ccc(Cl)cc3)c2)c1. The molecule has 156 valence electrons. The number of hydrogen-bond acceptors (Lipinski definition) is 4. The Bertz CT molecular complexity index is 1150. The first kappa shape index (κ1) is 21.7. The molecule has 0 spiro atoms. The molecule has 0 bridgehead atoms. The van der Waals surface area contributed by atoms with Gasteiger partial charge in [0.2, 0.25) is 5.91 Å². The van der Waals surface area contributed by atoms with E-state index in [1.807, 2.05) is 31.2 Å². The number of anilines is 3. The van der Waals surface area contributed by atoms with Gasteiger partial charge in [-0.15, -0.1) is 0 Å². The van der Waals surface area contributed by atoms with Crippen LogP contribution in [0.5, 0.6) is 0 Å². The summed E-state index contributed by atoms with van der Waals surface area (Å²) in [6.45, 7) is 3.65. The fraction of sp³-hybridized carbons (Fsp3) is 0.136. The molecular weight excluding hydrogens is 422 g/mol. The van der Waals surface area contributed by atoms with E-state index < -0.39 is 16.1 Å². The Kier molecular flexibility index (Phi) is 6.64. The fourth-order valence-corrected chi connectivity index (χ4v) is 4.00. The highest BCUT2D eigenvalue weighted by molar-refractivity contribution is 7.92. The molecule has 3 aromatic rings. The van der Waals surface area contributed by atoms with Crippen molar-refractivity contribution in [1.29, 1.82) is 0 Å². The van der Waals surface area contributed by atoms with Gasteiger partial charge in [-0.25, -0.2) is 8.42 Å². The maximum Gasteiger partial charge on any atom is 0.261 e. The highest BCUT2D eigenvalue weighted by Crippen LogP contribution is 2.21. The number of carbonyl (C=O) groups excluding carboxylic acids is 1. The van der Waals surface area contributed by atoms with Crippen molar-refractivity contribution >= 4 is 44.6 Å². The summed E-state index contributed by atoms with van der Waals surface area (Å²) in [4.78, 5) is 12.5. The predicted octanol–water partition coefficient (Wildman–Crippen LogP) is 4.89. The van der Waals surface area contributed by atoms with Gasteiger partial charge in [0.05, 0.1) is 4.90 Å². The minimum atomic E-state index is -3.79. The Balaban J connectivity index is 1.69. The van der Waals surface area contributed by atoms with Crippen molar-refractivity contribution in [3.8, 4) is 0 Å². The molecule has 3 N–H and O–H groups in total. The smallest absolute Gasteiger partial charge is 0.261 e. The number of amides is 1. The predicted molar refractivity (Wildman–Crippen MR) is 122 cm³/mol. The lowest BCUT2D eigenvalue weighted by atomic mass is 10.2. The molecule has 0 fully saturated rings. The minimum absolute atomic E-state index is 0.0775. The van der Waals surface area contributed by atoms with Crippen LogP contribution in [0.25, 0.3) is 0 Å². The van der Waals surface area contributed by atoms with Crippen molar-refractivity contribution < 1.29 is 13.2 Å². The van der Waals surface area contributed by atoms with Crippen molar-refractivity contribution in [2.45, 2.75) is 24.8 Å². The van der Waals surface area contributed by atoms with Crippen LogP contribution in [-0.2, 0) is 14.8 Å². The van der Waals surface area contributed by atoms with E-state index in [1.165, 1.54) is 12.1 Å². The van der Waals surface area contributed by atoms with Crippen molar-refractivity contribution in [3.63, 3.8) is 0 Å². The molecule has 1 atom stereocenters. The number of hydrogen-bond donors (Lipinski definition) is 3. The summed E-state index contributed by atoms with van der Waals surface area (Å²) < 4.78 is 27.9. The van der Waals surface area contributed by atoms with Crippen LogP contribution < -0.4 is 15.4 Å². The second kappa shape index (κ2) is 9.19. The standard InChI is InChI=1S/C22H22ClN3O3S/c1-15-5-3-6-19(13-15)25-22(27)16(2)24-20-7-4-8-21(14-20)30(28,29)26-18-11-9-17(23)10-12-18/h3-14,16,24,26H,1-2H3,(H,25,27)/t16-/m1/s1. The average molecular weight is 444 g/mol. The van der Waals surface area contributed by atoms with E-state index >= 15 is 0 Å². The zero-order chi connectivity index (χ0) is 21.7. The van der Waals surface area contributed by atoms with E-state index in [2.05, 4.69) is 15.4 Å². The Morgan fingerprint density at radius 3 is 2.27 bits per heavy atom. The average Bonchev–Trinajstić information content (AvgIpc) is 2.70. The van der Waals surface area contributed by atoms with Gasteiger partial charge in [0.1, 0.15) is 6.04 Å². The lowest BCUT2D eigenvalue weighted by molar-refractivity contribution is -0.116. The van der Waals surface area contributed by atoms with Gasteiger partial charge in [-0.05, 0) is 74.0 Å². The second-order valence-corrected chi connectivity index (χ2v) is 8.98. The monoisotopic (exact) mass is 443 g/mol. The lowest BCUT2D eigenvalue weighted by Crippen LogP contribution is -2.31. The Morgan fingerprint density at radius 1 is 0.900 bits per heavy atom. The third-order valence-electron chi connectivity index (χ3n) is 4.30. The molecule has 0 aromatic heterocycles. The van der Waals surface area contributed by atoms with E-state index in [1.54, 1.807) is 43.3 Å². The molecule has 0 aliphatic heterocycles. The summed E-state index contributed by atoms with van der Waals surface area (Å²) in [5, 5.41) is 6.40. The lowest BCUT2D eigenvalue weighted by Gasteiger charge is -2.16. The van der Waals surface area contributed by atoms with Crippen LogP contribution in [0.2, 0.25) is 5.02 Å². The van der Waals surface area contributed by atoms with Crippen LogP contribution in [0, 0.1) is 6.92 Å². The summed E-state index contributed by atoms with van der Waals surface area (Å²) in [6, 6.07) is 19.6. The molecule has 1 amide bonds. The maximum absolute atomic E-state index is 12.7. The van der Waals surface area contributed by atoms with Crippen LogP contribution in [0.4, 0.5) is 17.1 Å². The van der Waals surface area contributed by atoms with Crippen LogP contribution >= 0.6 is 11.6 Å². The Labute approximate surface area is 181 Å². The number of halogens is 1. The van der Waals surface area contributed by atoms with Gasteiger partial charge in [0.25, 0.3) is 10.0 Å².